The van der Waals surface area contributed by atoms with E-state index in [-0.39, 0.29) is 12.2 Å². The average Bonchev–Trinajstić information content (AvgIpc) is 2.18. The zero-order valence-electron chi connectivity index (χ0n) is 7.45. The second-order valence-electron chi connectivity index (χ2n) is 3.00. The van der Waals surface area contributed by atoms with Crippen molar-refractivity contribution >= 4 is 5.78 Å². The van der Waals surface area contributed by atoms with Crippen LogP contribution >= 0.6 is 0 Å². The second-order valence-corrected chi connectivity index (χ2v) is 3.00. The molecule has 1 unspecified atom stereocenters. The summed E-state index contributed by atoms with van der Waals surface area (Å²) in [4.78, 5) is 11.5. The number of terminal acetylenes is 1. The molecule has 0 aromatic carbocycles. The monoisotopic (exact) mass is 179 g/mol. The Bertz CT molecular complexity index is 263. The number of rotatable bonds is 3. The first-order chi connectivity index (χ1) is 6.25. The Morgan fingerprint density at radius 1 is 1.85 bits per heavy atom. The molecule has 0 saturated heterocycles. The number of nitrogens with two attached hydrogens (primary N) is 1. The van der Waals surface area contributed by atoms with Crippen molar-refractivity contribution < 1.29 is 9.53 Å². The lowest BCUT2D eigenvalue weighted by Crippen LogP contribution is -2.31. The fourth-order valence-corrected chi connectivity index (χ4v) is 1.20. The molecule has 13 heavy (non-hydrogen) atoms. The van der Waals surface area contributed by atoms with Gasteiger partial charge in [-0.2, -0.15) is 0 Å². The van der Waals surface area contributed by atoms with Gasteiger partial charge in [0.2, 0.25) is 0 Å². The van der Waals surface area contributed by atoms with Crippen LogP contribution in [-0.4, -0.2) is 18.4 Å². The molecular weight excluding hydrogens is 166 g/mol. The Kier molecular flexibility index (Phi) is 3.53. The van der Waals surface area contributed by atoms with E-state index in [9.17, 15) is 4.79 Å². The van der Waals surface area contributed by atoms with Crippen molar-refractivity contribution in [3.8, 4) is 12.3 Å². The van der Waals surface area contributed by atoms with Crippen LogP contribution in [-0.2, 0) is 9.53 Å². The summed E-state index contributed by atoms with van der Waals surface area (Å²) in [7, 11) is 0. The zero-order valence-corrected chi connectivity index (χ0v) is 7.45. The summed E-state index contributed by atoms with van der Waals surface area (Å²) in [5.74, 6) is 2.29. The fraction of sp³-hybridized carbons (Fsp3) is 0.500. The molecule has 1 heterocycles. The van der Waals surface area contributed by atoms with Gasteiger partial charge in [0.05, 0.1) is 18.9 Å². The lowest BCUT2D eigenvalue weighted by molar-refractivity contribution is -0.117. The molecule has 0 bridgehead atoms. The third kappa shape index (κ3) is 2.60. The molecule has 1 aliphatic rings. The standard InChI is InChI=1S/C10H13NO2/c1-2-4-9(11)10(12)8-5-3-6-13-7-8/h1,7,9H,3-6,11H2. The number of Topliss-reactive ketones (excluding diaryl/α,β-unsaturated/α-hetero) is 1. The summed E-state index contributed by atoms with van der Waals surface area (Å²) >= 11 is 0. The van der Waals surface area contributed by atoms with Crippen LogP contribution in [0.3, 0.4) is 0 Å². The van der Waals surface area contributed by atoms with E-state index in [1.165, 1.54) is 6.26 Å². The SMILES string of the molecule is C#CCC(N)C(=O)C1=COCCC1. The van der Waals surface area contributed by atoms with Crippen LogP contribution in [0.15, 0.2) is 11.8 Å². The molecule has 0 spiro atoms. The molecule has 1 atom stereocenters. The lowest BCUT2D eigenvalue weighted by Gasteiger charge is -2.14. The third-order valence-electron chi connectivity index (χ3n) is 1.92. The van der Waals surface area contributed by atoms with Crippen LogP contribution in [0.25, 0.3) is 0 Å². The molecule has 0 radical (unpaired) electrons. The second kappa shape index (κ2) is 4.68. The van der Waals surface area contributed by atoms with Crippen LogP contribution in [0.5, 0.6) is 0 Å². The number of carbonyl (C=O) groups is 1. The van der Waals surface area contributed by atoms with E-state index in [0.717, 1.165) is 12.8 Å². The van der Waals surface area contributed by atoms with Gasteiger partial charge < -0.3 is 10.5 Å². The number of hydrogen-bond donors (Lipinski definition) is 1. The molecule has 0 fully saturated rings. The highest BCUT2D eigenvalue weighted by Gasteiger charge is 2.19. The first kappa shape index (κ1) is 9.82. The first-order valence-corrected chi connectivity index (χ1v) is 4.29. The molecule has 0 aliphatic carbocycles. The van der Waals surface area contributed by atoms with Crippen LogP contribution in [0, 0.1) is 12.3 Å². The highest BCUT2D eigenvalue weighted by molar-refractivity contribution is 5.99. The molecule has 0 aromatic rings. The first-order valence-electron chi connectivity index (χ1n) is 4.29. The van der Waals surface area contributed by atoms with Gasteiger partial charge in [0.15, 0.2) is 5.78 Å². The smallest absolute Gasteiger partial charge is 0.179 e. The van der Waals surface area contributed by atoms with Crippen molar-refractivity contribution in [2.24, 2.45) is 5.73 Å². The fourth-order valence-electron chi connectivity index (χ4n) is 1.20. The summed E-state index contributed by atoms with van der Waals surface area (Å²) < 4.78 is 5.04. The highest BCUT2D eigenvalue weighted by atomic mass is 16.5. The van der Waals surface area contributed by atoms with Gasteiger partial charge in [-0.25, -0.2) is 0 Å². The summed E-state index contributed by atoms with van der Waals surface area (Å²) in [6.07, 6.45) is 8.48. The van der Waals surface area contributed by atoms with Crippen molar-refractivity contribution in [3.63, 3.8) is 0 Å². The number of ketones is 1. The van der Waals surface area contributed by atoms with E-state index in [1.807, 2.05) is 0 Å². The van der Waals surface area contributed by atoms with Gasteiger partial charge in [0, 0.05) is 12.0 Å². The van der Waals surface area contributed by atoms with Gasteiger partial charge in [0.1, 0.15) is 0 Å². The average molecular weight is 179 g/mol. The van der Waals surface area contributed by atoms with Crippen molar-refractivity contribution in [2.75, 3.05) is 6.61 Å². The third-order valence-corrected chi connectivity index (χ3v) is 1.92. The Balaban J connectivity index is 2.56. The van der Waals surface area contributed by atoms with E-state index in [4.69, 9.17) is 16.9 Å². The van der Waals surface area contributed by atoms with Gasteiger partial charge in [0.25, 0.3) is 0 Å². The van der Waals surface area contributed by atoms with Crippen LogP contribution in [0.2, 0.25) is 0 Å². The van der Waals surface area contributed by atoms with Crippen LogP contribution in [0.4, 0.5) is 0 Å². The Morgan fingerprint density at radius 3 is 3.15 bits per heavy atom. The van der Waals surface area contributed by atoms with Gasteiger partial charge in [-0.1, -0.05) is 0 Å². The Morgan fingerprint density at radius 2 is 2.62 bits per heavy atom. The molecule has 3 nitrogen and oxygen atoms in total. The van der Waals surface area contributed by atoms with E-state index >= 15 is 0 Å². The maximum absolute atomic E-state index is 11.5. The maximum Gasteiger partial charge on any atom is 0.179 e. The topological polar surface area (TPSA) is 52.3 Å². The van der Waals surface area contributed by atoms with E-state index < -0.39 is 6.04 Å². The molecule has 1 rings (SSSR count). The number of hydrogen-bond acceptors (Lipinski definition) is 3. The van der Waals surface area contributed by atoms with Gasteiger partial charge in [-0.05, 0) is 12.8 Å². The molecular formula is C10H13NO2. The minimum Gasteiger partial charge on any atom is -0.501 e. The molecule has 2 N–H and O–H groups in total. The summed E-state index contributed by atoms with van der Waals surface area (Å²) in [6.45, 7) is 0.682. The minimum atomic E-state index is -0.571. The predicted molar refractivity (Wildman–Crippen MR) is 49.7 cm³/mol. The lowest BCUT2D eigenvalue weighted by atomic mass is 9.99. The van der Waals surface area contributed by atoms with E-state index in [0.29, 0.717) is 12.2 Å². The molecule has 0 amide bonds. The molecule has 1 aliphatic heterocycles. The Hall–Kier alpha value is -1.27. The summed E-state index contributed by atoms with van der Waals surface area (Å²) in [5.41, 5.74) is 6.23. The van der Waals surface area contributed by atoms with Crippen molar-refractivity contribution in [1.82, 2.24) is 0 Å². The quantitative estimate of drug-likeness (QED) is 0.645. The largest absolute Gasteiger partial charge is 0.501 e. The summed E-state index contributed by atoms with van der Waals surface area (Å²) in [5, 5.41) is 0. The minimum absolute atomic E-state index is 0.0855. The van der Waals surface area contributed by atoms with Crippen molar-refractivity contribution in [2.45, 2.75) is 25.3 Å². The normalized spacial score (nSPS) is 18.0. The Labute approximate surface area is 77.9 Å². The summed E-state index contributed by atoms with van der Waals surface area (Å²) in [6, 6.07) is -0.571. The van der Waals surface area contributed by atoms with Crippen LogP contribution in [0.1, 0.15) is 19.3 Å². The maximum atomic E-state index is 11.5. The highest BCUT2D eigenvalue weighted by Crippen LogP contribution is 2.14. The van der Waals surface area contributed by atoms with Gasteiger partial charge >= 0.3 is 0 Å². The van der Waals surface area contributed by atoms with Gasteiger partial charge in [-0.3, -0.25) is 4.79 Å². The van der Waals surface area contributed by atoms with Crippen molar-refractivity contribution in [1.29, 1.82) is 0 Å². The molecule has 3 heteroatoms. The number of ether oxygens (including phenoxy) is 1. The van der Waals surface area contributed by atoms with Gasteiger partial charge in [-0.15, -0.1) is 12.3 Å². The number of carbonyl (C=O) groups excluding carboxylic acids is 1. The molecule has 70 valence electrons. The molecule has 0 aromatic heterocycles. The molecule has 0 saturated carbocycles. The zero-order chi connectivity index (χ0) is 9.68. The predicted octanol–water partition coefficient (Wildman–Crippen LogP) is 0.600. The van der Waals surface area contributed by atoms with E-state index in [1.54, 1.807) is 0 Å². The van der Waals surface area contributed by atoms with Crippen molar-refractivity contribution in [3.05, 3.63) is 11.8 Å². The van der Waals surface area contributed by atoms with Crippen LogP contribution < -0.4 is 5.73 Å². The van der Waals surface area contributed by atoms with E-state index in [2.05, 4.69) is 5.92 Å².